The Morgan fingerprint density at radius 1 is 1.46 bits per heavy atom. The maximum atomic E-state index is 4.21. The number of nitrogens with one attached hydrogen (secondary N) is 1. The minimum Gasteiger partial charge on any atom is -0.310 e. The molecule has 13 heavy (non-hydrogen) atoms. The van der Waals surface area contributed by atoms with Gasteiger partial charge in [0.1, 0.15) is 5.01 Å². The first-order chi connectivity index (χ1) is 6.20. The van der Waals surface area contributed by atoms with Crippen LogP contribution in [0, 0.1) is 11.8 Å². The van der Waals surface area contributed by atoms with E-state index in [0.29, 0.717) is 0 Å². The predicted octanol–water partition coefficient (Wildman–Crippen LogP) is 2.52. The molecule has 0 aliphatic rings. The summed E-state index contributed by atoms with van der Waals surface area (Å²) in [5, 5.41) is 6.61. The molecule has 0 fully saturated rings. The Morgan fingerprint density at radius 3 is 2.77 bits per heavy atom. The van der Waals surface area contributed by atoms with Crippen LogP contribution in [-0.2, 0) is 6.54 Å². The summed E-state index contributed by atoms with van der Waals surface area (Å²) in [4.78, 5) is 4.21. The second-order valence-corrected chi connectivity index (χ2v) is 4.76. The van der Waals surface area contributed by atoms with E-state index in [0.717, 1.165) is 24.9 Å². The fourth-order valence-electron chi connectivity index (χ4n) is 0.983. The molecule has 2 nitrogen and oxygen atoms in total. The van der Waals surface area contributed by atoms with Crippen LogP contribution in [0.25, 0.3) is 0 Å². The van der Waals surface area contributed by atoms with Gasteiger partial charge in [-0.05, 0) is 18.4 Å². The summed E-state index contributed by atoms with van der Waals surface area (Å²) in [6.45, 7) is 8.79. The fourth-order valence-corrected chi connectivity index (χ4v) is 1.57. The standard InChI is InChI=1S/C10H18N2S/c1-8(2)9(3)6-11-7-10-12-4-5-13-10/h4-5,8-9,11H,6-7H2,1-3H3. The molecule has 1 aromatic heterocycles. The first-order valence-electron chi connectivity index (χ1n) is 4.79. The third-order valence-electron chi connectivity index (χ3n) is 2.36. The highest BCUT2D eigenvalue weighted by Gasteiger charge is 2.05. The van der Waals surface area contributed by atoms with Crippen molar-refractivity contribution >= 4 is 11.3 Å². The van der Waals surface area contributed by atoms with Crippen LogP contribution in [0.2, 0.25) is 0 Å². The molecule has 1 aromatic rings. The highest BCUT2D eigenvalue weighted by atomic mass is 32.1. The van der Waals surface area contributed by atoms with Crippen molar-refractivity contribution in [2.75, 3.05) is 6.54 Å². The second-order valence-electron chi connectivity index (χ2n) is 3.78. The van der Waals surface area contributed by atoms with E-state index in [9.17, 15) is 0 Å². The summed E-state index contributed by atoms with van der Waals surface area (Å²) in [5.41, 5.74) is 0. The van der Waals surface area contributed by atoms with Gasteiger partial charge in [-0.15, -0.1) is 11.3 Å². The van der Waals surface area contributed by atoms with Crippen LogP contribution in [0.4, 0.5) is 0 Å². The molecule has 0 saturated heterocycles. The lowest BCUT2D eigenvalue weighted by Crippen LogP contribution is -2.23. The minimum absolute atomic E-state index is 0.736. The first-order valence-corrected chi connectivity index (χ1v) is 5.67. The highest BCUT2D eigenvalue weighted by Crippen LogP contribution is 2.08. The molecule has 0 bridgehead atoms. The van der Waals surface area contributed by atoms with Crippen LogP contribution in [-0.4, -0.2) is 11.5 Å². The molecule has 0 amide bonds. The lowest BCUT2D eigenvalue weighted by molar-refractivity contribution is 0.392. The van der Waals surface area contributed by atoms with Crippen LogP contribution in [0.5, 0.6) is 0 Å². The molecule has 74 valence electrons. The maximum absolute atomic E-state index is 4.21. The Kier molecular flexibility index (Phi) is 4.39. The maximum Gasteiger partial charge on any atom is 0.106 e. The van der Waals surface area contributed by atoms with Crippen LogP contribution in [0.15, 0.2) is 11.6 Å². The number of rotatable bonds is 5. The van der Waals surface area contributed by atoms with Crippen LogP contribution in [0.3, 0.4) is 0 Å². The molecular weight excluding hydrogens is 180 g/mol. The molecule has 1 N–H and O–H groups in total. The average Bonchev–Trinajstić information content (AvgIpc) is 2.56. The Hall–Kier alpha value is -0.410. The smallest absolute Gasteiger partial charge is 0.106 e. The quantitative estimate of drug-likeness (QED) is 0.786. The van der Waals surface area contributed by atoms with Crippen molar-refractivity contribution in [3.05, 3.63) is 16.6 Å². The third-order valence-corrected chi connectivity index (χ3v) is 3.14. The summed E-state index contributed by atoms with van der Waals surface area (Å²) in [6, 6.07) is 0. The number of nitrogens with zero attached hydrogens (tertiary/aromatic N) is 1. The molecule has 0 aromatic carbocycles. The topological polar surface area (TPSA) is 24.9 Å². The zero-order valence-electron chi connectivity index (χ0n) is 8.58. The summed E-state index contributed by atoms with van der Waals surface area (Å²) >= 11 is 1.71. The Morgan fingerprint density at radius 2 is 2.23 bits per heavy atom. The predicted molar refractivity (Wildman–Crippen MR) is 57.8 cm³/mol. The van der Waals surface area contributed by atoms with Gasteiger partial charge < -0.3 is 5.32 Å². The first kappa shape index (κ1) is 10.7. The summed E-state index contributed by atoms with van der Waals surface area (Å²) in [6.07, 6.45) is 1.85. The minimum atomic E-state index is 0.736. The normalized spacial score (nSPS) is 13.5. The molecule has 1 atom stereocenters. The summed E-state index contributed by atoms with van der Waals surface area (Å²) < 4.78 is 0. The van der Waals surface area contributed by atoms with Crippen molar-refractivity contribution in [1.29, 1.82) is 0 Å². The number of hydrogen-bond acceptors (Lipinski definition) is 3. The van der Waals surface area contributed by atoms with Gasteiger partial charge in [-0.25, -0.2) is 4.98 Å². The van der Waals surface area contributed by atoms with Gasteiger partial charge in [-0.2, -0.15) is 0 Å². The van der Waals surface area contributed by atoms with Gasteiger partial charge in [0.25, 0.3) is 0 Å². The number of hydrogen-bond donors (Lipinski definition) is 1. The Bertz CT molecular complexity index is 219. The average molecular weight is 198 g/mol. The van der Waals surface area contributed by atoms with E-state index in [1.807, 2.05) is 11.6 Å². The van der Waals surface area contributed by atoms with Crippen LogP contribution < -0.4 is 5.32 Å². The van der Waals surface area contributed by atoms with Gasteiger partial charge in [-0.3, -0.25) is 0 Å². The molecule has 0 aliphatic heterocycles. The number of thiazole rings is 1. The van der Waals surface area contributed by atoms with E-state index in [2.05, 4.69) is 31.1 Å². The Balaban J connectivity index is 2.14. The van der Waals surface area contributed by atoms with Gasteiger partial charge in [-0.1, -0.05) is 20.8 Å². The van der Waals surface area contributed by atoms with Gasteiger partial charge in [0.2, 0.25) is 0 Å². The summed E-state index contributed by atoms with van der Waals surface area (Å²) in [7, 11) is 0. The zero-order chi connectivity index (χ0) is 9.68. The molecule has 0 spiro atoms. The highest BCUT2D eigenvalue weighted by molar-refractivity contribution is 7.09. The van der Waals surface area contributed by atoms with Crippen molar-refractivity contribution in [3.8, 4) is 0 Å². The third kappa shape index (κ3) is 3.87. The zero-order valence-corrected chi connectivity index (χ0v) is 9.40. The molecule has 0 saturated carbocycles. The van der Waals surface area contributed by atoms with Crippen molar-refractivity contribution < 1.29 is 0 Å². The fraction of sp³-hybridized carbons (Fsp3) is 0.700. The van der Waals surface area contributed by atoms with Crippen LogP contribution in [0.1, 0.15) is 25.8 Å². The molecule has 0 radical (unpaired) electrons. The molecular formula is C10H18N2S. The monoisotopic (exact) mass is 198 g/mol. The lowest BCUT2D eigenvalue weighted by atomic mass is 9.98. The van der Waals surface area contributed by atoms with Gasteiger partial charge in [0, 0.05) is 18.1 Å². The van der Waals surface area contributed by atoms with E-state index < -0.39 is 0 Å². The van der Waals surface area contributed by atoms with E-state index in [1.165, 1.54) is 5.01 Å². The second kappa shape index (κ2) is 5.35. The largest absolute Gasteiger partial charge is 0.310 e. The lowest BCUT2D eigenvalue weighted by Gasteiger charge is -2.15. The number of aromatic nitrogens is 1. The van der Waals surface area contributed by atoms with Crippen molar-refractivity contribution in [1.82, 2.24) is 10.3 Å². The Labute approximate surface area is 84.4 Å². The van der Waals surface area contributed by atoms with Gasteiger partial charge in [0.15, 0.2) is 0 Å². The van der Waals surface area contributed by atoms with E-state index >= 15 is 0 Å². The molecule has 1 heterocycles. The summed E-state index contributed by atoms with van der Waals surface area (Å²) in [5.74, 6) is 1.49. The molecule has 1 rings (SSSR count). The molecule has 3 heteroatoms. The van der Waals surface area contributed by atoms with Gasteiger partial charge >= 0.3 is 0 Å². The van der Waals surface area contributed by atoms with E-state index in [1.54, 1.807) is 11.3 Å². The van der Waals surface area contributed by atoms with Crippen molar-refractivity contribution in [2.45, 2.75) is 27.3 Å². The van der Waals surface area contributed by atoms with E-state index in [4.69, 9.17) is 0 Å². The molecule has 0 aliphatic carbocycles. The van der Waals surface area contributed by atoms with Crippen LogP contribution >= 0.6 is 11.3 Å². The van der Waals surface area contributed by atoms with E-state index in [-0.39, 0.29) is 0 Å². The van der Waals surface area contributed by atoms with Crippen molar-refractivity contribution in [2.24, 2.45) is 11.8 Å². The van der Waals surface area contributed by atoms with Crippen molar-refractivity contribution in [3.63, 3.8) is 0 Å². The molecule has 1 unspecified atom stereocenters. The SMILES string of the molecule is CC(C)C(C)CNCc1nccs1. The van der Waals surface area contributed by atoms with Gasteiger partial charge in [0.05, 0.1) is 0 Å².